The third-order valence-electron chi connectivity index (χ3n) is 4.42. The van der Waals surface area contributed by atoms with Gasteiger partial charge in [0.1, 0.15) is 11.5 Å². The first kappa shape index (κ1) is 20.9. The second kappa shape index (κ2) is 10.1. The fraction of sp³-hybridized carbons (Fsp3) is 0.174. The molecule has 7 heteroatoms. The zero-order valence-electron chi connectivity index (χ0n) is 16.4. The van der Waals surface area contributed by atoms with Gasteiger partial charge in [0.05, 0.1) is 11.3 Å². The van der Waals surface area contributed by atoms with E-state index in [0.717, 1.165) is 11.3 Å². The molecule has 0 radical (unpaired) electrons. The van der Waals surface area contributed by atoms with Gasteiger partial charge in [0, 0.05) is 31.4 Å². The molecule has 0 atom stereocenters. The number of anilines is 1. The van der Waals surface area contributed by atoms with Crippen LogP contribution in [0.5, 0.6) is 0 Å². The summed E-state index contributed by atoms with van der Waals surface area (Å²) in [6.45, 7) is 0.138. The van der Waals surface area contributed by atoms with Gasteiger partial charge in [0.15, 0.2) is 0 Å². The molecule has 1 aromatic heterocycles. The van der Waals surface area contributed by atoms with Crippen molar-refractivity contribution in [1.29, 1.82) is 0 Å². The van der Waals surface area contributed by atoms with Gasteiger partial charge in [-0.15, -0.1) is 0 Å². The average molecular weight is 405 g/mol. The Morgan fingerprint density at radius 1 is 0.867 bits per heavy atom. The van der Waals surface area contributed by atoms with Crippen LogP contribution in [0.15, 0.2) is 71.1 Å². The number of hydrogen-bond donors (Lipinski definition) is 3. The van der Waals surface area contributed by atoms with Crippen molar-refractivity contribution in [3.63, 3.8) is 0 Å². The highest BCUT2D eigenvalue weighted by atomic mass is 16.3. The van der Waals surface area contributed by atoms with Gasteiger partial charge in [-0.1, -0.05) is 42.5 Å². The summed E-state index contributed by atoms with van der Waals surface area (Å²) in [7, 11) is 0. The fourth-order valence-electron chi connectivity index (χ4n) is 2.90. The van der Waals surface area contributed by atoms with E-state index in [1.807, 2.05) is 42.5 Å². The van der Waals surface area contributed by atoms with Crippen molar-refractivity contribution in [2.24, 2.45) is 5.73 Å². The summed E-state index contributed by atoms with van der Waals surface area (Å²) in [6, 6.07) is 20.2. The van der Waals surface area contributed by atoms with E-state index in [2.05, 4.69) is 10.6 Å². The van der Waals surface area contributed by atoms with E-state index in [9.17, 15) is 14.4 Å². The van der Waals surface area contributed by atoms with E-state index in [4.69, 9.17) is 10.2 Å². The third-order valence-corrected chi connectivity index (χ3v) is 4.42. The maximum absolute atomic E-state index is 12.4. The maximum Gasteiger partial charge on any atom is 0.253 e. The molecule has 3 aromatic rings. The Kier molecular flexibility index (Phi) is 7.00. The molecule has 0 unspecified atom stereocenters. The average Bonchev–Trinajstić information content (AvgIpc) is 3.22. The van der Waals surface area contributed by atoms with Crippen LogP contribution in [0.4, 0.5) is 5.69 Å². The van der Waals surface area contributed by atoms with Crippen molar-refractivity contribution in [1.82, 2.24) is 5.32 Å². The molecule has 0 saturated heterocycles. The van der Waals surface area contributed by atoms with Gasteiger partial charge in [0.25, 0.3) is 5.91 Å². The predicted molar refractivity (Wildman–Crippen MR) is 114 cm³/mol. The van der Waals surface area contributed by atoms with Crippen molar-refractivity contribution in [2.45, 2.75) is 19.3 Å². The molecule has 0 bridgehead atoms. The maximum atomic E-state index is 12.4. The van der Waals surface area contributed by atoms with E-state index in [-0.39, 0.29) is 31.2 Å². The molecular weight excluding hydrogens is 382 g/mol. The number of nitrogens with two attached hydrogens (primary N) is 1. The first-order valence-corrected chi connectivity index (χ1v) is 9.62. The third kappa shape index (κ3) is 5.81. The van der Waals surface area contributed by atoms with Crippen LogP contribution < -0.4 is 16.4 Å². The smallest absolute Gasteiger partial charge is 0.253 e. The Morgan fingerprint density at radius 3 is 2.37 bits per heavy atom. The zero-order valence-corrected chi connectivity index (χ0v) is 16.4. The number of primary amides is 1. The number of hydrogen-bond acceptors (Lipinski definition) is 4. The summed E-state index contributed by atoms with van der Waals surface area (Å²) in [5, 5.41) is 5.38. The molecule has 3 amide bonds. The molecule has 0 aliphatic carbocycles. The van der Waals surface area contributed by atoms with Gasteiger partial charge in [-0.2, -0.15) is 0 Å². The normalized spacial score (nSPS) is 10.4. The quantitative estimate of drug-likeness (QED) is 0.507. The molecule has 1 heterocycles. The van der Waals surface area contributed by atoms with Crippen molar-refractivity contribution < 1.29 is 18.8 Å². The number of benzene rings is 2. The van der Waals surface area contributed by atoms with Crippen LogP contribution in [0.1, 0.15) is 29.0 Å². The topological polar surface area (TPSA) is 114 Å². The van der Waals surface area contributed by atoms with Crippen LogP contribution in [-0.4, -0.2) is 24.3 Å². The largest absolute Gasteiger partial charge is 0.461 e. The molecular formula is C23H23N3O4. The van der Waals surface area contributed by atoms with Crippen LogP contribution in [-0.2, 0) is 16.0 Å². The summed E-state index contributed by atoms with van der Waals surface area (Å²) >= 11 is 0. The first-order valence-electron chi connectivity index (χ1n) is 9.62. The van der Waals surface area contributed by atoms with Crippen molar-refractivity contribution in [3.05, 3.63) is 78.1 Å². The van der Waals surface area contributed by atoms with Crippen LogP contribution >= 0.6 is 0 Å². The zero-order chi connectivity index (χ0) is 21.3. The molecule has 7 nitrogen and oxygen atoms in total. The van der Waals surface area contributed by atoms with Gasteiger partial charge < -0.3 is 20.8 Å². The number of carbonyl (C=O) groups is 3. The van der Waals surface area contributed by atoms with Crippen LogP contribution in [0.25, 0.3) is 11.3 Å². The number of carbonyl (C=O) groups excluding carboxylic acids is 3. The molecule has 30 heavy (non-hydrogen) atoms. The summed E-state index contributed by atoms with van der Waals surface area (Å²) in [4.78, 5) is 35.5. The number of para-hydroxylation sites is 1. The standard InChI is InChI=1S/C23H23N3O4/c24-21(27)14-15-25-23(29)18-8-4-5-9-19(18)26-22(28)13-11-17-10-12-20(30-17)16-6-2-1-3-7-16/h1-10,12H,11,13-15H2,(H2,24,27)(H,25,29)(H,26,28). The summed E-state index contributed by atoms with van der Waals surface area (Å²) < 4.78 is 5.81. The number of nitrogens with one attached hydrogen (secondary N) is 2. The minimum Gasteiger partial charge on any atom is -0.461 e. The van der Waals surface area contributed by atoms with Crippen LogP contribution in [0.3, 0.4) is 0 Å². The van der Waals surface area contributed by atoms with E-state index in [1.165, 1.54) is 0 Å². The molecule has 0 saturated carbocycles. The summed E-state index contributed by atoms with van der Waals surface area (Å²) in [6.07, 6.45) is 0.694. The van der Waals surface area contributed by atoms with Crippen LogP contribution in [0.2, 0.25) is 0 Å². The van der Waals surface area contributed by atoms with Gasteiger partial charge in [-0.25, -0.2) is 0 Å². The van der Waals surface area contributed by atoms with Gasteiger partial charge in [-0.3, -0.25) is 14.4 Å². The Bertz CT molecular complexity index is 1030. The number of rotatable bonds is 9. The van der Waals surface area contributed by atoms with Crippen molar-refractivity contribution in [2.75, 3.05) is 11.9 Å². The SMILES string of the molecule is NC(=O)CCNC(=O)c1ccccc1NC(=O)CCc1ccc(-c2ccccc2)o1. The molecule has 0 aliphatic rings. The minimum atomic E-state index is -0.495. The Hall–Kier alpha value is -3.87. The lowest BCUT2D eigenvalue weighted by atomic mass is 10.1. The van der Waals surface area contributed by atoms with Gasteiger partial charge >= 0.3 is 0 Å². The number of furan rings is 1. The van der Waals surface area contributed by atoms with Gasteiger partial charge in [0.2, 0.25) is 11.8 Å². The lowest BCUT2D eigenvalue weighted by Gasteiger charge is -2.11. The number of aryl methyl sites for hydroxylation is 1. The molecule has 3 rings (SSSR count). The van der Waals surface area contributed by atoms with E-state index in [0.29, 0.717) is 23.4 Å². The van der Waals surface area contributed by atoms with E-state index in [1.54, 1.807) is 24.3 Å². The molecule has 154 valence electrons. The highest BCUT2D eigenvalue weighted by molar-refractivity contribution is 6.03. The highest BCUT2D eigenvalue weighted by Gasteiger charge is 2.14. The molecule has 0 spiro atoms. The van der Waals surface area contributed by atoms with E-state index < -0.39 is 5.91 Å². The summed E-state index contributed by atoms with van der Waals surface area (Å²) in [5.74, 6) is 0.353. The second-order valence-corrected chi connectivity index (χ2v) is 6.70. The highest BCUT2D eigenvalue weighted by Crippen LogP contribution is 2.22. The second-order valence-electron chi connectivity index (χ2n) is 6.70. The molecule has 0 aliphatic heterocycles. The van der Waals surface area contributed by atoms with Crippen molar-refractivity contribution in [3.8, 4) is 11.3 Å². The molecule has 0 fully saturated rings. The lowest BCUT2D eigenvalue weighted by Crippen LogP contribution is -2.28. The van der Waals surface area contributed by atoms with Crippen LogP contribution in [0, 0.1) is 0 Å². The monoisotopic (exact) mass is 405 g/mol. The van der Waals surface area contributed by atoms with Crippen molar-refractivity contribution >= 4 is 23.4 Å². The number of amides is 3. The van der Waals surface area contributed by atoms with E-state index >= 15 is 0 Å². The first-order chi connectivity index (χ1) is 14.5. The molecule has 2 aromatic carbocycles. The predicted octanol–water partition coefficient (Wildman–Crippen LogP) is 3.12. The van der Waals surface area contributed by atoms with Gasteiger partial charge in [-0.05, 0) is 24.3 Å². The lowest BCUT2D eigenvalue weighted by molar-refractivity contribution is -0.118. The molecule has 4 N–H and O–H groups in total. The Morgan fingerprint density at radius 2 is 1.60 bits per heavy atom. The fourth-order valence-corrected chi connectivity index (χ4v) is 2.90. The minimum absolute atomic E-state index is 0.0500. The Balaban J connectivity index is 1.56. The Labute approximate surface area is 174 Å². The summed E-state index contributed by atoms with van der Waals surface area (Å²) in [5.41, 5.74) is 6.78.